The van der Waals surface area contributed by atoms with Crippen LogP contribution in [0.5, 0.6) is 23.0 Å². The lowest BCUT2D eigenvalue weighted by molar-refractivity contribution is -0.143. The van der Waals surface area contributed by atoms with Gasteiger partial charge < -0.3 is 34.7 Å². The highest BCUT2D eigenvalue weighted by molar-refractivity contribution is 5.79. The van der Waals surface area contributed by atoms with Crippen molar-refractivity contribution in [3.63, 3.8) is 0 Å². The molecule has 0 radical (unpaired) electrons. The second-order valence-electron chi connectivity index (χ2n) is 10.7. The molecule has 0 bridgehead atoms. The number of rotatable bonds is 15. The summed E-state index contributed by atoms with van der Waals surface area (Å²) in [6, 6.07) is 11.1. The van der Waals surface area contributed by atoms with Gasteiger partial charge in [-0.1, -0.05) is 31.5 Å². The Bertz CT molecular complexity index is 1180. The Morgan fingerprint density at radius 3 is 2.56 bits per heavy atom. The molecule has 10 heteroatoms. The lowest BCUT2D eigenvalue weighted by atomic mass is 9.83. The first-order valence-electron chi connectivity index (χ1n) is 14.5. The van der Waals surface area contributed by atoms with Crippen molar-refractivity contribution in [1.29, 1.82) is 0 Å². The van der Waals surface area contributed by atoms with Gasteiger partial charge in [0.1, 0.15) is 5.75 Å². The average Bonchev–Trinajstić information content (AvgIpc) is 3.60. The number of para-hydroxylation sites is 1. The summed E-state index contributed by atoms with van der Waals surface area (Å²) in [4.78, 5) is 30.5. The van der Waals surface area contributed by atoms with E-state index in [1.807, 2.05) is 41.3 Å². The molecule has 1 fully saturated rings. The van der Waals surface area contributed by atoms with Crippen molar-refractivity contribution in [3.8, 4) is 23.0 Å². The van der Waals surface area contributed by atoms with Gasteiger partial charge in [0.2, 0.25) is 18.4 Å². The summed E-state index contributed by atoms with van der Waals surface area (Å²) in [5, 5.41) is 10.6. The highest BCUT2D eigenvalue weighted by atomic mass is 16.7. The van der Waals surface area contributed by atoms with Crippen LogP contribution < -0.4 is 24.7 Å². The van der Waals surface area contributed by atoms with Crippen molar-refractivity contribution in [2.45, 2.75) is 51.0 Å². The van der Waals surface area contributed by atoms with Gasteiger partial charge in [0.15, 0.2) is 11.5 Å². The van der Waals surface area contributed by atoms with Crippen LogP contribution in [0.15, 0.2) is 36.4 Å². The quantitative estimate of drug-likeness (QED) is 0.332. The summed E-state index contributed by atoms with van der Waals surface area (Å²) < 4.78 is 22.3. The number of unbranched alkanes of at least 4 members (excludes halogenated alkanes) is 1. The summed E-state index contributed by atoms with van der Waals surface area (Å²) in [6.07, 6.45) is 3.79. The molecule has 1 saturated heterocycles. The van der Waals surface area contributed by atoms with Crippen LogP contribution in [-0.2, 0) is 16.0 Å². The summed E-state index contributed by atoms with van der Waals surface area (Å²) in [5.74, 6) is 0.329. The Balaban J connectivity index is 1.66. The normalized spacial score (nSPS) is 19.8. The number of carbonyl (C=O) groups is 2. The monoisotopic (exact) mass is 569 g/mol. The standard InChI is InChI=1S/C31H43N3O7/c1-4-5-14-33(15-8-13-32)28(35)19-34-18-23(22-16-26(39-3)30-27(17-22)40-20-41-30)29(31(36)37)24(34)12-11-21-9-6-7-10-25(21)38-2/h6-7,9-10,16-17,23-24,29H,4-5,8,11-15,18-20,32H2,1-3H3,(H,36,37). The first-order valence-corrected chi connectivity index (χ1v) is 14.5. The highest BCUT2D eigenvalue weighted by Crippen LogP contribution is 2.47. The molecule has 1 amide bonds. The van der Waals surface area contributed by atoms with E-state index in [1.165, 1.54) is 0 Å². The number of nitrogens with zero attached hydrogens (tertiary/aromatic N) is 2. The summed E-state index contributed by atoms with van der Waals surface area (Å²) in [5.41, 5.74) is 7.55. The Morgan fingerprint density at radius 1 is 1.10 bits per heavy atom. The van der Waals surface area contributed by atoms with E-state index in [9.17, 15) is 14.7 Å². The van der Waals surface area contributed by atoms with E-state index in [0.29, 0.717) is 56.3 Å². The van der Waals surface area contributed by atoms with E-state index in [2.05, 4.69) is 11.8 Å². The van der Waals surface area contributed by atoms with Gasteiger partial charge in [-0.2, -0.15) is 0 Å². The number of aryl methyl sites for hydroxylation is 1. The number of nitrogens with two attached hydrogens (primary N) is 1. The lowest BCUT2D eigenvalue weighted by Gasteiger charge is -2.30. The number of methoxy groups -OCH3 is 2. The lowest BCUT2D eigenvalue weighted by Crippen LogP contribution is -2.45. The number of hydrogen-bond acceptors (Lipinski definition) is 8. The number of carbonyl (C=O) groups excluding carboxylic acids is 1. The number of ether oxygens (including phenoxy) is 4. The van der Waals surface area contributed by atoms with Crippen LogP contribution in [0, 0.1) is 5.92 Å². The zero-order valence-electron chi connectivity index (χ0n) is 24.3. The van der Waals surface area contributed by atoms with Gasteiger partial charge in [-0.3, -0.25) is 14.5 Å². The van der Waals surface area contributed by atoms with E-state index in [0.717, 1.165) is 36.1 Å². The summed E-state index contributed by atoms with van der Waals surface area (Å²) in [6.45, 7) is 4.52. The molecule has 0 aliphatic carbocycles. The molecule has 41 heavy (non-hydrogen) atoms. The number of carboxylic acids is 1. The molecule has 2 heterocycles. The van der Waals surface area contributed by atoms with Gasteiger partial charge in [-0.05, 0) is 61.6 Å². The molecular weight excluding hydrogens is 526 g/mol. The fraction of sp³-hybridized carbons (Fsp3) is 0.548. The van der Waals surface area contributed by atoms with Gasteiger partial charge in [-0.15, -0.1) is 0 Å². The number of fused-ring (bicyclic) bond motifs is 1. The van der Waals surface area contributed by atoms with E-state index < -0.39 is 11.9 Å². The van der Waals surface area contributed by atoms with Crippen LogP contribution >= 0.6 is 0 Å². The minimum absolute atomic E-state index is 0.00208. The maximum atomic E-state index is 13.6. The van der Waals surface area contributed by atoms with Gasteiger partial charge >= 0.3 is 5.97 Å². The van der Waals surface area contributed by atoms with Crippen LogP contribution in [0.25, 0.3) is 0 Å². The van der Waals surface area contributed by atoms with E-state index in [-0.39, 0.29) is 31.2 Å². The number of benzene rings is 2. The van der Waals surface area contributed by atoms with Gasteiger partial charge in [0, 0.05) is 31.6 Å². The van der Waals surface area contributed by atoms with E-state index >= 15 is 0 Å². The molecule has 0 aromatic heterocycles. The molecule has 3 atom stereocenters. The second kappa shape index (κ2) is 14.4. The SMILES string of the molecule is CCCCN(CCCN)C(=O)CN1CC(c2cc(OC)c3c(c2)OCO3)C(C(=O)O)C1CCc1ccccc1OC. The number of likely N-dealkylation sites (tertiary alicyclic amines) is 1. The number of amides is 1. The maximum Gasteiger partial charge on any atom is 0.308 e. The minimum Gasteiger partial charge on any atom is -0.496 e. The molecule has 4 rings (SSSR count). The van der Waals surface area contributed by atoms with E-state index in [4.69, 9.17) is 24.7 Å². The third-order valence-electron chi connectivity index (χ3n) is 8.15. The maximum absolute atomic E-state index is 13.6. The molecule has 3 N–H and O–H groups in total. The Kier molecular flexibility index (Phi) is 10.7. The molecule has 2 aromatic carbocycles. The van der Waals surface area contributed by atoms with Crippen LogP contribution in [-0.4, -0.2) is 86.6 Å². The number of aliphatic carboxylic acids is 1. The number of carboxylic acid groups (broad SMARTS) is 1. The van der Waals surface area contributed by atoms with Crippen LogP contribution in [0.3, 0.4) is 0 Å². The molecule has 2 aromatic rings. The Labute approximate surface area is 242 Å². The molecule has 0 spiro atoms. The van der Waals surface area contributed by atoms with Crippen molar-refractivity contribution >= 4 is 11.9 Å². The van der Waals surface area contributed by atoms with Crippen molar-refractivity contribution in [3.05, 3.63) is 47.5 Å². The Morgan fingerprint density at radius 2 is 1.85 bits per heavy atom. The van der Waals surface area contributed by atoms with Crippen molar-refractivity contribution in [1.82, 2.24) is 9.80 Å². The minimum atomic E-state index is -0.891. The fourth-order valence-electron chi connectivity index (χ4n) is 6.03. The first kappa shape index (κ1) is 30.5. The smallest absolute Gasteiger partial charge is 0.308 e. The van der Waals surface area contributed by atoms with Gasteiger partial charge in [-0.25, -0.2) is 0 Å². The topological polar surface area (TPSA) is 124 Å². The van der Waals surface area contributed by atoms with Gasteiger partial charge in [0.05, 0.1) is 26.7 Å². The summed E-state index contributed by atoms with van der Waals surface area (Å²) >= 11 is 0. The third kappa shape index (κ3) is 7.05. The van der Waals surface area contributed by atoms with Crippen LogP contribution in [0.4, 0.5) is 0 Å². The summed E-state index contributed by atoms with van der Waals surface area (Å²) in [7, 11) is 3.19. The first-order chi connectivity index (χ1) is 19.9. The molecule has 10 nitrogen and oxygen atoms in total. The van der Waals surface area contributed by atoms with Crippen molar-refractivity contribution in [2.24, 2.45) is 11.7 Å². The van der Waals surface area contributed by atoms with E-state index in [1.54, 1.807) is 14.2 Å². The van der Waals surface area contributed by atoms with Crippen LogP contribution in [0.2, 0.25) is 0 Å². The predicted octanol–water partition coefficient (Wildman–Crippen LogP) is 3.51. The molecule has 2 aliphatic rings. The highest BCUT2D eigenvalue weighted by Gasteiger charge is 2.47. The molecule has 2 aliphatic heterocycles. The van der Waals surface area contributed by atoms with Crippen molar-refractivity contribution < 1.29 is 33.6 Å². The molecule has 224 valence electrons. The van der Waals surface area contributed by atoms with Crippen molar-refractivity contribution in [2.75, 3.05) is 53.7 Å². The average molecular weight is 570 g/mol. The fourth-order valence-corrected chi connectivity index (χ4v) is 6.03. The Hall–Kier alpha value is -3.50. The molecular formula is C31H43N3O7. The largest absolute Gasteiger partial charge is 0.496 e. The van der Waals surface area contributed by atoms with Crippen LogP contribution in [0.1, 0.15) is 49.7 Å². The zero-order chi connectivity index (χ0) is 29.4. The molecule has 0 saturated carbocycles. The zero-order valence-corrected chi connectivity index (χ0v) is 24.3. The molecule has 3 unspecified atom stereocenters. The third-order valence-corrected chi connectivity index (χ3v) is 8.15. The number of hydrogen-bond donors (Lipinski definition) is 2. The van der Waals surface area contributed by atoms with Gasteiger partial charge in [0.25, 0.3) is 0 Å². The predicted molar refractivity (Wildman–Crippen MR) is 155 cm³/mol. The second-order valence-corrected chi connectivity index (χ2v) is 10.7.